The molecule has 0 aliphatic rings. The van der Waals surface area contributed by atoms with Gasteiger partial charge in [-0.1, -0.05) is 74.0 Å². The first-order valence-corrected chi connectivity index (χ1v) is 11.1. The fourth-order valence-corrected chi connectivity index (χ4v) is 4.49. The van der Waals surface area contributed by atoms with Gasteiger partial charge < -0.3 is 4.74 Å². The summed E-state index contributed by atoms with van der Waals surface area (Å²) in [4.78, 5) is 18.6. The molecule has 0 aliphatic carbocycles. The quantitative estimate of drug-likeness (QED) is 0.357. The van der Waals surface area contributed by atoms with Crippen molar-refractivity contribution in [3.63, 3.8) is 0 Å². The molecule has 1 amide bonds. The molecule has 156 valence electrons. The summed E-state index contributed by atoms with van der Waals surface area (Å²) in [5, 5.41) is 3.56. The summed E-state index contributed by atoms with van der Waals surface area (Å²) >= 11 is 1.54. The van der Waals surface area contributed by atoms with Crippen LogP contribution >= 0.6 is 11.3 Å². The summed E-state index contributed by atoms with van der Waals surface area (Å²) in [6.45, 7) is 2.15. The number of amides is 1. The zero-order valence-electron chi connectivity index (χ0n) is 17.6. The van der Waals surface area contributed by atoms with Crippen LogP contribution in [0.25, 0.3) is 22.4 Å². The number of carbonyl (C=O) groups excluding carboxylic acids is 1. The van der Waals surface area contributed by atoms with Gasteiger partial charge >= 0.3 is 0 Å². The van der Waals surface area contributed by atoms with Crippen molar-refractivity contribution in [3.05, 3.63) is 89.3 Å². The molecule has 5 heteroatoms. The summed E-state index contributed by atoms with van der Waals surface area (Å²) < 4.78 is 5.22. The number of benzene rings is 3. The van der Waals surface area contributed by atoms with Crippen molar-refractivity contribution >= 4 is 22.4 Å². The van der Waals surface area contributed by atoms with Crippen molar-refractivity contribution in [3.8, 4) is 28.1 Å². The minimum atomic E-state index is -0.193. The van der Waals surface area contributed by atoms with Gasteiger partial charge in [0.15, 0.2) is 5.13 Å². The number of aryl methyl sites for hydroxylation is 1. The molecule has 0 atom stereocenters. The first-order valence-electron chi connectivity index (χ1n) is 10.3. The molecule has 0 saturated heterocycles. The standard InChI is InChI=1S/C26H24N2O2S/c1-3-8-23-24(20-15-13-19(14-16-20)18-9-5-4-6-10-18)27-26(31-23)28-25(29)21-11-7-12-22(17-21)30-2/h4-7,9-17H,3,8H2,1-2H3,(H,27,28,29). The van der Waals surface area contributed by atoms with E-state index in [-0.39, 0.29) is 5.91 Å². The van der Waals surface area contributed by atoms with Crippen molar-refractivity contribution < 1.29 is 9.53 Å². The van der Waals surface area contributed by atoms with Crippen molar-refractivity contribution in [2.45, 2.75) is 19.8 Å². The Morgan fingerprint density at radius 1 is 0.935 bits per heavy atom. The van der Waals surface area contributed by atoms with Gasteiger partial charge in [-0.3, -0.25) is 10.1 Å². The Morgan fingerprint density at radius 2 is 1.65 bits per heavy atom. The maximum absolute atomic E-state index is 12.7. The minimum Gasteiger partial charge on any atom is -0.497 e. The first-order chi connectivity index (χ1) is 15.2. The van der Waals surface area contributed by atoms with E-state index < -0.39 is 0 Å². The average molecular weight is 429 g/mol. The summed E-state index contributed by atoms with van der Waals surface area (Å²) in [6, 6.07) is 25.9. The van der Waals surface area contributed by atoms with Crippen LogP contribution in [0.3, 0.4) is 0 Å². The van der Waals surface area contributed by atoms with Gasteiger partial charge in [-0.2, -0.15) is 0 Å². The van der Waals surface area contributed by atoms with Gasteiger partial charge in [0, 0.05) is 16.0 Å². The summed E-state index contributed by atoms with van der Waals surface area (Å²) in [5.74, 6) is 0.458. The van der Waals surface area contributed by atoms with Gasteiger partial charge in [0.2, 0.25) is 0 Å². The molecule has 1 N–H and O–H groups in total. The molecule has 3 aromatic carbocycles. The number of carbonyl (C=O) groups is 1. The zero-order valence-corrected chi connectivity index (χ0v) is 18.4. The highest BCUT2D eigenvalue weighted by Crippen LogP contribution is 2.33. The molecule has 1 heterocycles. The Hall–Kier alpha value is -3.44. The van der Waals surface area contributed by atoms with Crippen LogP contribution in [-0.2, 0) is 6.42 Å². The lowest BCUT2D eigenvalue weighted by Gasteiger charge is -2.05. The smallest absolute Gasteiger partial charge is 0.257 e. The number of nitrogens with one attached hydrogen (secondary N) is 1. The number of hydrogen-bond acceptors (Lipinski definition) is 4. The number of ether oxygens (including phenoxy) is 1. The number of methoxy groups -OCH3 is 1. The number of anilines is 1. The second-order valence-electron chi connectivity index (χ2n) is 7.17. The molecule has 0 saturated carbocycles. The Kier molecular flexibility index (Phi) is 6.43. The molecule has 0 spiro atoms. The van der Waals surface area contributed by atoms with Gasteiger partial charge in [-0.25, -0.2) is 4.98 Å². The second-order valence-corrected chi connectivity index (χ2v) is 8.25. The number of nitrogens with zero attached hydrogens (tertiary/aromatic N) is 1. The largest absolute Gasteiger partial charge is 0.497 e. The van der Waals surface area contributed by atoms with E-state index in [4.69, 9.17) is 9.72 Å². The van der Waals surface area contributed by atoms with E-state index in [0.717, 1.165) is 24.1 Å². The second kappa shape index (κ2) is 9.58. The minimum absolute atomic E-state index is 0.193. The molecule has 1 aromatic heterocycles. The average Bonchev–Trinajstić information content (AvgIpc) is 3.22. The molecule has 0 bridgehead atoms. The summed E-state index contributed by atoms with van der Waals surface area (Å²) in [7, 11) is 1.59. The van der Waals surface area contributed by atoms with Crippen LogP contribution in [0.1, 0.15) is 28.6 Å². The third kappa shape index (κ3) is 4.84. The van der Waals surface area contributed by atoms with Crippen LogP contribution in [0, 0.1) is 0 Å². The van der Waals surface area contributed by atoms with Gasteiger partial charge in [-0.05, 0) is 35.7 Å². The van der Waals surface area contributed by atoms with Crippen molar-refractivity contribution in [2.24, 2.45) is 0 Å². The summed E-state index contributed by atoms with van der Waals surface area (Å²) in [6.07, 6.45) is 1.93. The van der Waals surface area contributed by atoms with Crippen molar-refractivity contribution in [1.29, 1.82) is 0 Å². The predicted octanol–water partition coefficient (Wildman–Crippen LogP) is 6.69. The lowest BCUT2D eigenvalue weighted by atomic mass is 10.0. The number of rotatable bonds is 7. The number of hydrogen-bond donors (Lipinski definition) is 1. The molecule has 4 aromatic rings. The Bertz CT molecular complexity index is 1170. The monoisotopic (exact) mass is 428 g/mol. The third-order valence-electron chi connectivity index (χ3n) is 4.99. The number of aromatic nitrogens is 1. The van der Waals surface area contributed by atoms with E-state index in [1.165, 1.54) is 27.3 Å². The van der Waals surface area contributed by atoms with Crippen LogP contribution in [0.2, 0.25) is 0 Å². The van der Waals surface area contributed by atoms with E-state index >= 15 is 0 Å². The van der Waals surface area contributed by atoms with E-state index in [2.05, 4.69) is 48.6 Å². The lowest BCUT2D eigenvalue weighted by Crippen LogP contribution is -2.11. The molecule has 4 nitrogen and oxygen atoms in total. The molecule has 4 rings (SSSR count). The normalized spacial score (nSPS) is 10.6. The van der Waals surface area contributed by atoms with Crippen LogP contribution in [0.5, 0.6) is 5.75 Å². The highest BCUT2D eigenvalue weighted by molar-refractivity contribution is 7.16. The lowest BCUT2D eigenvalue weighted by molar-refractivity contribution is 0.102. The van der Waals surface area contributed by atoms with E-state index in [9.17, 15) is 4.79 Å². The van der Waals surface area contributed by atoms with E-state index in [0.29, 0.717) is 16.4 Å². The maximum Gasteiger partial charge on any atom is 0.257 e. The Morgan fingerprint density at radius 3 is 2.35 bits per heavy atom. The van der Waals surface area contributed by atoms with Crippen molar-refractivity contribution in [2.75, 3.05) is 12.4 Å². The molecular weight excluding hydrogens is 404 g/mol. The molecular formula is C26H24N2O2S. The van der Waals surface area contributed by atoms with Crippen molar-refractivity contribution in [1.82, 2.24) is 4.98 Å². The van der Waals surface area contributed by atoms with Gasteiger partial charge in [0.05, 0.1) is 12.8 Å². The van der Waals surface area contributed by atoms with E-state index in [1.54, 1.807) is 25.3 Å². The summed E-state index contributed by atoms with van der Waals surface area (Å²) in [5.41, 5.74) is 4.89. The fraction of sp³-hybridized carbons (Fsp3) is 0.154. The predicted molar refractivity (Wildman–Crippen MR) is 128 cm³/mol. The first kappa shape index (κ1) is 20.8. The molecule has 0 aliphatic heterocycles. The molecule has 0 radical (unpaired) electrons. The Balaban J connectivity index is 1.59. The third-order valence-corrected chi connectivity index (χ3v) is 6.02. The molecule has 31 heavy (non-hydrogen) atoms. The molecule has 0 unspecified atom stereocenters. The number of thiazole rings is 1. The van der Waals surface area contributed by atoms with Crippen LogP contribution in [-0.4, -0.2) is 18.0 Å². The fourth-order valence-electron chi connectivity index (χ4n) is 3.41. The Labute approximate surface area is 186 Å². The topological polar surface area (TPSA) is 51.2 Å². The zero-order chi connectivity index (χ0) is 21.6. The van der Waals surface area contributed by atoms with E-state index in [1.807, 2.05) is 24.3 Å². The van der Waals surface area contributed by atoms with Gasteiger partial charge in [-0.15, -0.1) is 11.3 Å². The molecule has 0 fully saturated rings. The van der Waals surface area contributed by atoms with Gasteiger partial charge in [0.1, 0.15) is 5.75 Å². The SMILES string of the molecule is CCCc1sc(NC(=O)c2cccc(OC)c2)nc1-c1ccc(-c2ccccc2)cc1. The van der Waals surface area contributed by atoms with Crippen LogP contribution in [0.4, 0.5) is 5.13 Å². The highest BCUT2D eigenvalue weighted by atomic mass is 32.1. The maximum atomic E-state index is 12.7. The van der Waals surface area contributed by atoms with Crippen LogP contribution < -0.4 is 10.1 Å². The van der Waals surface area contributed by atoms with Crippen LogP contribution in [0.15, 0.2) is 78.9 Å². The highest BCUT2D eigenvalue weighted by Gasteiger charge is 2.16. The van der Waals surface area contributed by atoms with Gasteiger partial charge in [0.25, 0.3) is 5.91 Å².